The first-order chi connectivity index (χ1) is 12.5. The number of hydrogen-bond donors (Lipinski definition) is 2. The van der Waals surface area contributed by atoms with Crippen LogP contribution in [0.3, 0.4) is 0 Å². The van der Waals surface area contributed by atoms with E-state index in [0.29, 0.717) is 27.7 Å². The lowest BCUT2D eigenvalue weighted by atomic mass is 10.2. The van der Waals surface area contributed by atoms with Crippen molar-refractivity contribution in [1.82, 2.24) is 15.8 Å². The van der Waals surface area contributed by atoms with Gasteiger partial charge in [-0.3, -0.25) is 20.4 Å². The number of hydrogen-bond acceptors (Lipinski definition) is 5. The van der Waals surface area contributed by atoms with E-state index in [1.165, 1.54) is 11.8 Å². The molecular weight excluding hydrogens is 350 g/mol. The summed E-state index contributed by atoms with van der Waals surface area (Å²) in [4.78, 5) is 29.9. The second-order valence-electron chi connectivity index (χ2n) is 5.51. The normalized spacial score (nSPS) is 10.4. The van der Waals surface area contributed by atoms with Crippen molar-refractivity contribution in [2.75, 3.05) is 0 Å². The topological polar surface area (TPSA) is 84.2 Å². The van der Waals surface area contributed by atoms with Gasteiger partial charge >= 0.3 is 0 Å². The third-order valence-corrected chi connectivity index (χ3v) is 4.58. The van der Waals surface area contributed by atoms with Crippen LogP contribution in [0.5, 0.6) is 0 Å². The molecule has 0 radical (unpaired) electrons. The lowest BCUT2D eigenvalue weighted by Gasteiger charge is -2.10. The number of amides is 2. The number of furan rings is 1. The van der Waals surface area contributed by atoms with Crippen LogP contribution in [0.1, 0.15) is 32.2 Å². The molecule has 2 N–H and O–H groups in total. The third-order valence-electron chi connectivity index (χ3n) is 3.55. The van der Waals surface area contributed by atoms with Crippen LogP contribution in [0.2, 0.25) is 0 Å². The highest BCUT2D eigenvalue weighted by molar-refractivity contribution is 7.99. The van der Waals surface area contributed by atoms with Crippen molar-refractivity contribution in [1.29, 1.82) is 0 Å². The summed E-state index contributed by atoms with van der Waals surface area (Å²) >= 11 is 1.38. The number of aryl methyl sites for hydroxylation is 2. The number of carbonyl (C=O) groups excluding carboxylic acids is 2. The molecule has 2 aromatic heterocycles. The summed E-state index contributed by atoms with van der Waals surface area (Å²) in [5, 5.41) is 0.556. The molecule has 0 aliphatic carbocycles. The smallest absolute Gasteiger partial charge is 0.273 e. The van der Waals surface area contributed by atoms with Gasteiger partial charge in [0.15, 0.2) is 0 Å². The zero-order valence-corrected chi connectivity index (χ0v) is 15.1. The van der Waals surface area contributed by atoms with Gasteiger partial charge in [0.25, 0.3) is 11.8 Å². The minimum absolute atomic E-state index is 0.377. The number of aromatic nitrogens is 1. The molecular formula is C19H17N3O3S. The molecule has 1 aromatic carbocycles. The largest absolute Gasteiger partial charge is 0.466 e. The summed E-state index contributed by atoms with van der Waals surface area (Å²) < 4.78 is 5.33. The predicted molar refractivity (Wildman–Crippen MR) is 97.9 cm³/mol. The molecule has 7 heteroatoms. The van der Waals surface area contributed by atoms with Crippen LogP contribution in [0, 0.1) is 13.8 Å². The van der Waals surface area contributed by atoms with E-state index in [1.807, 2.05) is 30.3 Å². The Morgan fingerprint density at radius 1 is 0.962 bits per heavy atom. The highest BCUT2D eigenvalue weighted by atomic mass is 32.2. The van der Waals surface area contributed by atoms with Crippen LogP contribution in [-0.4, -0.2) is 16.8 Å². The van der Waals surface area contributed by atoms with Crippen molar-refractivity contribution >= 4 is 23.6 Å². The van der Waals surface area contributed by atoms with E-state index in [9.17, 15) is 9.59 Å². The second-order valence-corrected chi connectivity index (χ2v) is 6.57. The summed E-state index contributed by atoms with van der Waals surface area (Å²) in [7, 11) is 0. The Hall–Kier alpha value is -3.06. The van der Waals surface area contributed by atoms with Crippen LogP contribution in [0.4, 0.5) is 0 Å². The number of nitrogens with one attached hydrogen (secondary N) is 2. The number of pyridine rings is 1. The lowest BCUT2D eigenvalue weighted by Crippen LogP contribution is -2.42. The first-order valence-corrected chi connectivity index (χ1v) is 8.72. The van der Waals surface area contributed by atoms with E-state index < -0.39 is 11.8 Å². The molecule has 2 heterocycles. The van der Waals surface area contributed by atoms with Gasteiger partial charge in [-0.15, -0.1) is 0 Å². The maximum Gasteiger partial charge on any atom is 0.273 e. The zero-order valence-electron chi connectivity index (χ0n) is 14.3. The van der Waals surface area contributed by atoms with Gasteiger partial charge in [0.05, 0.1) is 11.1 Å². The third kappa shape index (κ3) is 4.12. The Balaban J connectivity index is 1.70. The minimum Gasteiger partial charge on any atom is -0.466 e. The first-order valence-electron chi connectivity index (χ1n) is 7.90. The molecule has 6 nitrogen and oxygen atoms in total. The molecule has 0 bridgehead atoms. The van der Waals surface area contributed by atoms with Crippen molar-refractivity contribution in [3.05, 3.63) is 77.4 Å². The van der Waals surface area contributed by atoms with Crippen LogP contribution in [0.15, 0.2) is 69.1 Å². The molecule has 0 aliphatic heterocycles. The van der Waals surface area contributed by atoms with E-state index in [0.717, 1.165) is 4.90 Å². The van der Waals surface area contributed by atoms with Gasteiger partial charge in [0, 0.05) is 11.1 Å². The molecule has 0 atom stereocenters. The van der Waals surface area contributed by atoms with Crippen molar-refractivity contribution in [2.45, 2.75) is 23.8 Å². The Bertz CT molecular complexity index is 938. The van der Waals surface area contributed by atoms with E-state index in [1.54, 1.807) is 38.2 Å². The summed E-state index contributed by atoms with van der Waals surface area (Å²) in [6.07, 6.45) is 1.62. The van der Waals surface area contributed by atoms with Crippen molar-refractivity contribution in [2.24, 2.45) is 0 Å². The van der Waals surface area contributed by atoms with Crippen LogP contribution >= 0.6 is 11.8 Å². The fourth-order valence-electron chi connectivity index (χ4n) is 2.35. The van der Waals surface area contributed by atoms with E-state index >= 15 is 0 Å². The minimum atomic E-state index is -0.442. The molecule has 0 spiro atoms. The Kier molecular flexibility index (Phi) is 5.38. The van der Waals surface area contributed by atoms with E-state index in [2.05, 4.69) is 15.8 Å². The standard InChI is InChI=1S/C19H17N3O3S/c1-12-11-16(13(2)25-12)18(24)22-21-17(23)15-9-6-10-20-19(15)26-14-7-4-3-5-8-14/h3-11H,1-2H3,(H,21,23)(H,22,24). The average molecular weight is 367 g/mol. The number of carbonyl (C=O) groups is 2. The molecule has 26 heavy (non-hydrogen) atoms. The Labute approximate surface area is 155 Å². The highest BCUT2D eigenvalue weighted by Gasteiger charge is 2.17. The van der Waals surface area contributed by atoms with Gasteiger partial charge in [-0.1, -0.05) is 30.0 Å². The summed E-state index contributed by atoms with van der Waals surface area (Å²) in [5.41, 5.74) is 5.59. The van der Waals surface area contributed by atoms with Crippen molar-refractivity contribution in [3.8, 4) is 0 Å². The summed E-state index contributed by atoms with van der Waals surface area (Å²) in [5.74, 6) is 0.250. The fraction of sp³-hybridized carbons (Fsp3) is 0.105. The highest BCUT2D eigenvalue weighted by Crippen LogP contribution is 2.28. The predicted octanol–water partition coefficient (Wildman–Crippen LogP) is 3.52. The lowest BCUT2D eigenvalue weighted by molar-refractivity contribution is 0.0843. The quantitative estimate of drug-likeness (QED) is 0.689. The van der Waals surface area contributed by atoms with Crippen LogP contribution in [0.25, 0.3) is 0 Å². The van der Waals surface area contributed by atoms with Gasteiger partial charge < -0.3 is 4.42 Å². The van der Waals surface area contributed by atoms with Crippen LogP contribution in [-0.2, 0) is 0 Å². The van der Waals surface area contributed by atoms with Crippen LogP contribution < -0.4 is 10.9 Å². The molecule has 132 valence electrons. The number of hydrazine groups is 1. The summed E-state index contributed by atoms with van der Waals surface area (Å²) in [6.45, 7) is 3.45. The van der Waals surface area contributed by atoms with Gasteiger partial charge in [0.1, 0.15) is 16.5 Å². The molecule has 0 fully saturated rings. The molecule has 0 unspecified atom stereocenters. The zero-order chi connectivity index (χ0) is 18.5. The Morgan fingerprint density at radius 2 is 1.65 bits per heavy atom. The number of benzene rings is 1. The first kappa shape index (κ1) is 17.8. The molecule has 3 rings (SSSR count). The molecule has 0 saturated carbocycles. The molecule has 3 aromatic rings. The monoisotopic (exact) mass is 367 g/mol. The number of nitrogens with zero attached hydrogens (tertiary/aromatic N) is 1. The van der Waals surface area contributed by atoms with Gasteiger partial charge in [-0.25, -0.2) is 4.98 Å². The van der Waals surface area contributed by atoms with Crippen molar-refractivity contribution < 1.29 is 14.0 Å². The SMILES string of the molecule is Cc1cc(C(=O)NNC(=O)c2cccnc2Sc2ccccc2)c(C)o1. The molecule has 2 amide bonds. The fourth-order valence-corrected chi connectivity index (χ4v) is 3.25. The summed E-state index contributed by atoms with van der Waals surface area (Å²) in [6, 6.07) is 14.6. The van der Waals surface area contributed by atoms with E-state index in [4.69, 9.17) is 4.42 Å². The van der Waals surface area contributed by atoms with Gasteiger partial charge in [-0.05, 0) is 44.2 Å². The van der Waals surface area contributed by atoms with Gasteiger partial charge in [-0.2, -0.15) is 0 Å². The van der Waals surface area contributed by atoms with Gasteiger partial charge in [0.2, 0.25) is 0 Å². The Morgan fingerprint density at radius 3 is 2.31 bits per heavy atom. The maximum atomic E-state index is 12.5. The molecule has 0 aliphatic rings. The maximum absolute atomic E-state index is 12.5. The second kappa shape index (κ2) is 7.88. The average Bonchev–Trinajstić information content (AvgIpc) is 2.99. The number of rotatable bonds is 4. The molecule has 0 saturated heterocycles. The van der Waals surface area contributed by atoms with E-state index in [-0.39, 0.29) is 0 Å². The van der Waals surface area contributed by atoms with Crippen molar-refractivity contribution in [3.63, 3.8) is 0 Å².